The number of aryl methyl sites for hydroxylation is 2. The minimum absolute atomic E-state index is 0.0140. The number of benzene rings is 2. The largest absolute Gasteiger partial charge is 0.464 e. The van der Waals surface area contributed by atoms with Crippen LogP contribution in [-0.2, 0) is 30.8 Å². The Morgan fingerprint density at radius 3 is 2.35 bits per heavy atom. The monoisotopic (exact) mass is 444 g/mol. The van der Waals surface area contributed by atoms with Crippen LogP contribution in [0.1, 0.15) is 16.7 Å². The lowest BCUT2D eigenvalue weighted by atomic mass is 10.0. The first-order chi connectivity index (χ1) is 14.6. The Kier molecular flexibility index (Phi) is 6.47. The molecule has 1 aromatic heterocycles. The first-order valence-electron chi connectivity index (χ1n) is 9.53. The number of esters is 1. The molecule has 164 valence electrons. The van der Waals surface area contributed by atoms with Crippen LogP contribution in [0.3, 0.4) is 0 Å². The number of sulfonamides is 1. The summed E-state index contributed by atoms with van der Waals surface area (Å²) in [5, 5.41) is 3.41. The van der Waals surface area contributed by atoms with Crippen molar-refractivity contribution in [1.29, 1.82) is 0 Å². The highest BCUT2D eigenvalue weighted by molar-refractivity contribution is 7.89. The Hall–Kier alpha value is -3.17. The minimum Gasteiger partial charge on any atom is -0.464 e. The number of hydrogen-bond donors (Lipinski definition) is 1. The van der Waals surface area contributed by atoms with Crippen LogP contribution in [0, 0.1) is 13.8 Å². The molecule has 31 heavy (non-hydrogen) atoms. The Balaban J connectivity index is 1.55. The summed E-state index contributed by atoms with van der Waals surface area (Å²) >= 11 is 0. The van der Waals surface area contributed by atoms with Gasteiger partial charge in [-0.3, -0.25) is 9.59 Å². The molecule has 0 aliphatic heterocycles. The minimum atomic E-state index is -3.55. The van der Waals surface area contributed by atoms with Crippen molar-refractivity contribution in [3.63, 3.8) is 0 Å². The van der Waals surface area contributed by atoms with Crippen LogP contribution < -0.4 is 5.32 Å². The van der Waals surface area contributed by atoms with E-state index in [9.17, 15) is 18.0 Å². The zero-order valence-corrected chi connectivity index (χ0v) is 18.6. The predicted octanol–water partition coefficient (Wildman–Crippen LogP) is 3.02. The number of furan rings is 1. The van der Waals surface area contributed by atoms with E-state index >= 15 is 0 Å². The van der Waals surface area contributed by atoms with E-state index in [1.165, 1.54) is 44.6 Å². The van der Waals surface area contributed by atoms with Crippen molar-refractivity contribution in [1.82, 2.24) is 4.31 Å². The van der Waals surface area contributed by atoms with Crippen molar-refractivity contribution >= 4 is 38.6 Å². The van der Waals surface area contributed by atoms with Gasteiger partial charge in [-0.15, -0.1) is 0 Å². The molecule has 0 aliphatic carbocycles. The van der Waals surface area contributed by atoms with Crippen molar-refractivity contribution in [2.24, 2.45) is 0 Å². The van der Waals surface area contributed by atoms with Gasteiger partial charge < -0.3 is 14.5 Å². The fraction of sp³-hybridized carbons (Fsp3) is 0.273. The predicted molar refractivity (Wildman–Crippen MR) is 116 cm³/mol. The number of ether oxygens (including phenoxy) is 1. The maximum absolute atomic E-state index is 12.2. The highest BCUT2D eigenvalue weighted by atomic mass is 32.2. The fourth-order valence-electron chi connectivity index (χ4n) is 2.94. The van der Waals surface area contributed by atoms with E-state index < -0.39 is 28.5 Å². The Morgan fingerprint density at radius 1 is 1.06 bits per heavy atom. The standard InChI is InChI=1S/C22H24N2O6S/c1-14-9-19-16(12-29-20(19)10-15(14)2)11-22(26)30-13-21(25)23-17-5-7-18(8-6-17)31(27,28)24(3)4/h5-10,12H,11,13H2,1-4H3,(H,23,25). The van der Waals surface area contributed by atoms with E-state index in [1.54, 1.807) is 0 Å². The van der Waals surface area contributed by atoms with Gasteiger partial charge in [0.05, 0.1) is 17.6 Å². The lowest BCUT2D eigenvalue weighted by molar-refractivity contribution is -0.146. The third kappa shape index (κ3) is 5.12. The van der Waals surface area contributed by atoms with Gasteiger partial charge in [-0.1, -0.05) is 0 Å². The van der Waals surface area contributed by atoms with Crippen LogP contribution in [0.4, 0.5) is 5.69 Å². The molecule has 0 atom stereocenters. The van der Waals surface area contributed by atoms with E-state index in [-0.39, 0.29) is 11.3 Å². The molecule has 0 saturated heterocycles. The number of fused-ring (bicyclic) bond motifs is 1. The molecule has 0 saturated carbocycles. The number of carbonyl (C=O) groups is 2. The molecule has 3 aromatic rings. The Morgan fingerprint density at radius 2 is 1.71 bits per heavy atom. The summed E-state index contributed by atoms with van der Waals surface area (Å²) in [4.78, 5) is 24.3. The van der Waals surface area contributed by atoms with Crippen LogP contribution in [0.5, 0.6) is 0 Å². The van der Waals surface area contributed by atoms with Gasteiger partial charge in [0.2, 0.25) is 10.0 Å². The van der Waals surface area contributed by atoms with Crippen molar-refractivity contribution in [2.45, 2.75) is 25.2 Å². The third-order valence-corrected chi connectivity index (χ3v) is 6.72. The second-order valence-corrected chi connectivity index (χ2v) is 9.54. The molecule has 9 heteroatoms. The fourth-order valence-corrected chi connectivity index (χ4v) is 3.85. The number of amides is 1. The molecule has 1 N–H and O–H groups in total. The van der Waals surface area contributed by atoms with Gasteiger partial charge >= 0.3 is 5.97 Å². The summed E-state index contributed by atoms with van der Waals surface area (Å²) in [7, 11) is -0.669. The van der Waals surface area contributed by atoms with Gasteiger partial charge in [-0.25, -0.2) is 12.7 Å². The third-order valence-electron chi connectivity index (χ3n) is 4.89. The summed E-state index contributed by atoms with van der Waals surface area (Å²) < 4.78 is 35.8. The summed E-state index contributed by atoms with van der Waals surface area (Å²) in [6, 6.07) is 9.61. The Labute approximate surface area is 180 Å². The molecular weight excluding hydrogens is 420 g/mol. The summed E-state index contributed by atoms with van der Waals surface area (Å²) in [5.74, 6) is -1.08. The van der Waals surface area contributed by atoms with Crippen LogP contribution in [-0.4, -0.2) is 45.3 Å². The number of nitrogens with zero attached hydrogens (tertiary/aromatic N) is 1. The van der Waals surface area contributed by atoms with E-state index in [2.05, 4.69) is 5.32 Å². The molecule has 0 spiro atoms. The molecule has 0 unspecified atom stereocenters. The first-order valence-corrected chi connectivity index (χ1v) is 11.0. The van der Waals surface area contributed by atoms with Crippen molar-refractivity contribution in [3.05, 3.63) is 59.4 Å². The van der Waals surface area contributed by atoms with Crippen LogP contribution >= 0.6 is 0 Å². The highest BCUT2D eigenvalue weighted by Crippen LogP contribution is 2.25. The van der Waals surface area contributed by atoms with Crippen molar-refractivity contribution in [2.75, 3.05) is 26.0 Å². The summed E-state index contributed by atoms with van der Waals surface area (Å²) in [6.07, 6.45) is 1.51. The van der Waals surface area contributed by atoms with Crippen LogP contribution in [0.25, 0.3) is 11.0 Å². The topological polar surface area (TPSA) is 106 Å². The van der Waals surface area contributed by atoms with E-state index in [1.807, 2.05) is 26.0 Å². The van der Waals surface area contributed by atoms with Gasteiger partial charge in [-0.05, 0) is 61.4 Å². The van der Waals surface area contributed by atoms with Gasteiger partial charge in [0, 0.05) is 30.7 Å². The van der Waals surface area contributed by atoms with Gasteiger partial charge in [0.25, 0.3) is 5.91 Å². The molecule has 8 nitrogen and oxygen atoms in total. The van der Waals surface area contributed by atoms with Gasteiger partial charge in [-0.2, -0.15) is 0 Å². The molecular formula is C22H24N2O6S. The zero-order valence-electron chi connectivity index (χ0n) is 17.8. The zero-order chi connectivity index (χ0) is 22.8. The number of nitrogens with one attached hydrogen (secondary N) is 1. The number of rotatable bonds is 7. The van der Waals surface area contributed by atoms with Crippen molar-refractivity contribution in [3.8, 4) is 0 Å². The second kappa shape index (κ2) is 8.91. The second-order valence-electron chi connectivity index (χ2n) is 7.39. The SMILES string of the molecule is Cc1cc2occ(CC(=O)OCC(=O)Nc3ccc(S(=O)(=O)N(C)C)cc3)c2cc1C. The van der Waals surface area contributed by atoms with E-state index in [0.29, 0.717) is 16.8 Å². The van der Waals surface area contributed by atoms with E-state index in [4.69, 9.17) is 9.15 Å². The lowest BCUT2D eigenvalue weighted by Gasteiger charge is -2.12. The molecule has 2 aromatic carbocycles. The molecule has 1 heterocycles. The maximum atomic E-state index is 12.2. The molecule has 0 fully saturated rings. The number of anilines is 1. The number of hydrogen-bond acceptors (Lipinski definition) is 6. The quantitative estimate of drug-likeness (QED) is 0.562. The smallest absolute Gasteiger partial charge is 0.310 e. The van der Waals surface area contributed by atoms with Crippen LogP contribution in [0.2, 0.25) is 0 Å². The van der Waals surface area contributed by atoms with Gasteiger partial charge in [0.1, 0.15) is 5.58 Å². The average Bonchev–Trinajstić information content (AvgIpc) is 3.08. The summed E-state index contributed by atoms with van der Waals surface area (Å²) in [6.45, 7) is 3.51. The summed E-state index contributed by atoms with van der Waals surface area (Å²) in [5.41, 5.74) is 3.97. The average molecular weight is 445 g/mol. The normalized spacial score (nSPS) is 11.6. The van der Waals surface area contributed by atoms with Crippen LogP contribution in [0.15, 0.2) is 52.0 Å². The highest BCUT2D eigenvalue weighted by Gasteiger charge is 2.17. The molecule has 0 aliphatic rings. The van der Waals surface area contributed by atoms with E-state index in [0.717, 1.165) is 20.8 Å². The number of carbonyl (C=O) groups excluding carboxylic acids is 2. The maximum Gasteiger partial charge on any atom is 0.310 e. The van der Waals surface area contributed by atoms with Crippen molar-refractivity contribution < 1.29 is 27.2 Å². The first kappa shape index (κ1) is 22.5. The lowest BCUT2D eigenvalue weighted by Crippen LogP contribution is -2.23. The van der Waals surface area contributed by atoms with Gasteiger partial charge in [0.15, 0.2) is 6.61 Å². The molecule has 0 bridgehead atoms. The molecule has 1 amide bonds. The molecule has 0 radical (unpaired) electrons. The molecule has 3 rings (SSSR count). The Bertz CT molecular complexity index is 1230.